The molecule has 0 spiro atoms. The van der Waals surface area contributed by atoms with Crippen LogP contribution in [0.25, 0.3) is 0 Å². The summed E-state index contributed by atoms with van der Waals surface area (Å²) in [6, 6.07) is -0.0434. The zero-order valence-electron chi connectivity index (χ0n) is 18.1. The fourth-order valence-electron chi connectivity index (χ4n) is 4.52. The number of thioether (sulfide) groups is 2. The molecule has 10 nitrogen and oxygen atoms in total. The summed E-state index contributed by atoms with van der Waals surface area (Å²) in [5, 5.41) is 25.8. The number of fused-ring (bicyclic) bond motifs is 1. The molecule has 178 valence electrons. The van der Waals surface area contributed by atoms with E-state index in [1.165, 1.54) is 16.7 Å². The van der Waals surface area contributed by atoms with E-state index in [0.717, 1.165) is 18.7 Å². The number of nitrogens with zero attached hydrogens (tertiary/aromatic N) is 1. The van der Waals surface area contributed by atoms with E-state index in [0.29, 0.717) is 17.1 Å². The molecule has 3 rings (SSSR count). The van der Waals surface area contributed by atoms with Gasteiger partial charge in [-0.15, -0.1) is 11.8 Å². The van der Waals surface area contributed by atoms with E-state index in [2.05, 4.69) is 10.6 Å². The number of rotatable bonds is 11. The van der Waals surface area contributed by atoms with Gasteiger partial charge in [0.05, 0.1) is 24.6 Å². The third-order valence-corrected chi connectivity index (χ3v) is 8.68. The van der Waals surface area contributed by atoms with Crippen LogP contribution in [0.4, 0.5) is 0 Å². The van der Waals surface area contributed by atoms with Gasteiger partial charge in [0.1, 0.15) is 5.70 Å². The Kier molecular flexibility index (Phi) is 8.12. The smallest absolute Gasteiger partial charge is 0.353 e. The first kappa shape index (κ1) is 24.9. The lowest BCUT2D eigenvalue weighted by Crippen LogP contribution is -2.63. The van der Waals surface area contributed by atoms with E-state index in [-0.39, 0.29) is 47.3 Å². The Balaban J connectivity index is 1.49. The SMILES string of the molecule is C[C@H]1C(S[C@@H]2CN[C@H](CSCCC(=O)NCC(N)=O)C2)=C(C(=O)O)N2C(=O)[C@H]([C@@H](C)O)C12. The minimum absolute atomic E-state index is 0.0641. The quantitative estimate of drug-likeness (QED) is 0.188. The molecule has 6 atom stereocenters. The number of nitrogens with two attached hydrogens (primary N) is 1. The van der Waals surface area contributed by atoms with E-state index in [9.17, 15) is 29.4 Å². The Labute approximate surface area is 195 Å². The highest BCUT2D eigenvalue weighted by Crippen LogP contribution is 2.51. The Morgan fingerprint density at radius 1 is 1.38 bits per heavy atom. The molecule has 3 aliphatic heterocycles. The monoisotopic (exact) mass is 486 g/mol. The molecule has 2 fully saturated rings. The number of aliphatic carboxylic acids is 1. The van der Waals surface area contributed by atoms with Crippen molar-refractivity contribution in [1.29, 1.82) is 0 Å². The predicted octanol–water partition coefficient (Wildman–Crippen LogP) is -0.671. The second-order valence-electron chi connectivity index (χ2n) is 8.42. The van der Waals surface area contributed by atoms with Gasteiger partial charge in [0.15, 0.2) is 0 Å². The van der Waals surface area contributed by atoms with Crippen molar-refractivity contribution in [3.05, 3.63) is 10.6 Å². The molecule has 0 bridgehead atoms. The lowest BCUT2D eigenvalue weighted by molar-refractivity contribution is -0.163. The van der Waals surface area contributed by atoms with Crippen LogP contribution in [-0.4, -0.2) is 86.8 Å². The van der Waals surface area contributed by atoms with Gasteiger partial charge < -0.3 is 31.5 Å². The van der Waals surface area contributed by atoms with Gasteiger partial charge in [0.2, 0.25) is 17.7 Å². The first-order chi connectivity index (χ1) is 15.1. The Morgan fingerprint density at radius 3 is 2.72 bits per heavy atom. The molecule has 0 aromatic rings. The summed E-state index contributed by atoms with van der Waals surface area (Å²) in [5.41, 5.74) is 5.06. The van der Waals surface area contributed by atoms with Gasteiger partial charge in [-0.25, -0.2) is 4.79 Å². The fourth-order valence-corrected chi connectivity index (χ4v) is 7.08. The number of carbonyl (C=O) groups is 4. The summed E-state index contributed by atoms with van der Waals surface area (Å²) >= 11 is 3.17. The van der Waals surface area contributed by atoms with Crippen LogP contribution in [-0.2, 0) is 19.2 Å². The predicted molar refractivity (Wildman–Crippen MR) is 122 cm³/mol. The molecule has 0 aliphatic carbocycles. The molecular formula is C20H30N4O6S2. The van der Waals surface area contributed by atoms with Crippen LogP contribution in [0, 0.1) is 11.8 Å². The summed E-state index contributed by atoms with van der Waals surface area (Å²) in [5.74, 6) is -1.43. The van der Waals surface area contributed by atoms with E-state index in [4.69, 9.17) is 5.73 Å². The number of carboxylic acids is 1. The maximum atomic E-state index is 12.4. The highest BCUT2D eigenvalue weighted by molar-refractivity contribution is 8.03. The number of hydrogen-bond donors (Lipinski definition) is 5. The molecule has 32 heavy (non-hydrogen) atoms. The first-order valence-electron chi connectivity index (χ1n) is 10.6. The van der Waals surface area contributed by atoms with E-state index < -0.39 is 23.9 Å². The summed E-state index contributed by atoms with van der Waals surface area (Å²) in [7, 11) is 0. The van der Waals surface area contributed by atoms with Gasteiger partial charge in [-0.05, 0) is 13.3 Å². The lowest BCUT2D eigenvalue weighted by Gasteiger charge is -2.46. The van der Waals surface area contributed by atoms with Crippen molar-refractivity contribution in [2.45, 2.75) is 50.1 Å². The third-order valence-electron chi connectivity index (χ3n) is 6.04. The highest BCUT2D eigenvalue weighted by atomic mass is 32.2. The highest BCUT2D eigenvalue weighted by Gasteiger charge is 2.60. The standard InChI is InChI=1S/C20H30N4O6S2/c1-9-16-15(10(2)25)19(28)24(16)17(20(29)30)18(9)32-12-5-11(22-6-12)8-31-4-3-14(27)23-7-13(21)26/h9-12,15-16,22,25H,3-8H2,1-2H3,(H2,21,26)(H,23,27)(H,29,30)/t9-,10-,11+,12+,15-,16?/m1/s1. The molecule has 0 aromatic heterocycles. The van der Waals surface area contributed by atoms with Crippen LogP contribution in [0.5, 0.6) is 0 Å². The van der Waals surface area contributed by atoms with Gasteiger partial charge in [-0.3, -0.25) is 14.4 Å². The van der Waals surface area contributed by atoms with Gasteiger partial charge >= 0.3 is 5.97 Å². The number of primary amides is 1. The molecule has 6 N–H and O–H groups in total. The summed E-state index contributed by atoms with van der Waals surface area (Å²) in [6.45, 7) is 4.08. The molecule has 0 aromatic carbocycles. The average Bonchev–Trinajstić information content (AvgIpc) is 3.25. The Bertz CT molecular complexity index is 820. The molecule has 12 heteroatoms. The Morgan fingerprint density at radius 2 is 2.09 bits per heavy atom. The van der Waals surface area contributed by atoms with Crippen molar-refractivity contribution in [2.24, 2.45) is 17.6 Å². The third kappa shape index (κ3) is 5.24. The number of aliphatic hydroxyl groups is 1. The van der Waals surface area contributed by atoms with Crippen molar-refractivity contribution in [3.63, 3.8) is 0 Å². The van der Waals surface area contributed by atoms with Crippen LogP contribution in [0.15, 0.2) is 10.6 Å². The van der Waals surface area contributed by atoms with Crippen molar-refractivity contribution in [3.8, 4) is 0 Å². The molecule has 2 saturated heterocycles. The number of carbonyl (C=O) groups excluding carboxylic acids is 3. The molecule has 3 heterocycles. The molecule has 1 unspecified atom stereocenters. The molecule has 0 saturated carbocycles. The van der Waals surface area contributed by atoms with E-state index in [1.807, 2.05) is 6.92 Å². The van der Waals surface area contributed by atoms with Crippen LogP contribution < -0.4 is 16.4 Å². The summed E-state index contributed by atoms with van der Waals surface area (Å²) in [6.07, 6.45) is 0.357. The van der Waals surface area contributed by atoms with Crippen LogP contribution >= 0.6 is 23.5 Å². The minimum Gasteiger partial charge on any atom is -0.477 e. The average molecular weight is 487 g/mol. The Hall–Kier alpha value is -1.76. The maximum Gasteiger partial charge on any atom is 0.353 e. The second kappa shape index (κ2) is 10.4. The number of carboxylic acid groups (broad SMARTS) is 1. The van der Waals surface area contributed by atoms with Crippen molar-refractivity contribution < 1.29 is 29.4 Å². The first-order valence-corrected chi connectivity index (χ1v) is 12.7. The second-order valence-corrected chi connectivity index (χ2v) is 10.9. The number of nitrogens with one attached hydrogen (secondary N) is 2. The van der Waals surface area contributed by atoms with Crippen LogP contribution in [0.1, 0.15) is 26.7 Å². The number of aliphatic hydroxyl groups excluding tert-OH is 1. The van der Waals surface area contributed by atoms with Gasteiger partial charge in [-0.2, -0.15) is 11.8 Å². The van der Waals surface area contributed by atoms with E-state index >= 15 is 0 Å². The summed E-state index contributed by atoms with van der Waals surface area (Å²) in [4.78, 5) is 48.7. The fraction of sp³-hybridized carbons (Fsp3) is 0.700. The maximum absolute atomic E-state index is 12.4. The minimum atomic E-state index is -1.10. The summed E-state index contributed by atoms with van der Waals surface area (Å²) < 4.78 is 0. The van der Waals surface area contributed by atoms with Gasteiger partial charge in [-0.1, -0.05) is 6.92 Å². The van der Waals surface area contributed by atoms with Gasteiger partial charge in [0, 0.05) is 46.6 Å². The van der Waals surface area contributed by atoms with E-state index in [1.54, 1.807) is 18.7 Å². The number of amides is 3. The van der Waals surface area contributed by atoms with Crippen LogP contribution in [0.3, 0.4) is 0 Å². The molecule has 3 aliphatic rings. The molecule has 0 radical (unpaired) electrons. The number of hydrogen-bond acceptors (Lipinski definition) is 8. The van der Waals surface area contributed by atoms with Crippen LogP contribution in [0.2, 0.25) is 0 Å². The van der Waals surface area contributed by atoms with Crippen molar-refractivity contribution >= 4 is 47.2 Å². The molecular weight excluding hydrogens is 456 g/mol. The lowest BCUT2D eigenvalue weighted by atomic mass is 9.79. The topological polar surface area (TPSA) is 162 Å². The zero-order valence-corrected chi connectivity index (χ0v) is 19.7. The molecule has 3 amide bonds. The van der Waals surface area contributed by atoms with Gasteiger partial charge in [0.25, 0.3) is 0 Å². The largest absolute Gasteiger partial charge is 0.477 e. The van der Waals surface area contributed by atoms with Crippen molar-refractivity contribution in [2.75, 3.05) is 24.6 Å². The zero-order chi connectivity index (χ0) is 23.6. The normalized spacial score (nSPS) is 30.2. The van der Waals surface area contributed by atoms with Crippen molar-refractivity contribution in [1.82, 2.24) is 15.5 Å². The number of β-lactam (4-membered cyclic amide) rings is 1.